The predicted octanol–water partition coefficient (Wildman–Crippen LogP) is 3.95. The summed E-state index contributed by atoms with van der Waals surface area (Å²) in [6, 6.07) is 10.3. The van der Waals surface area contributed by atoms with Crippen LogP contribution in [0.4, 0.5) is 0 Å². The van der Waals surface area contributed by atoms with E-state index in [1.165, 1.54) is 16.0 Å². The Morgan fingerprint density at radius 1 is 1.26 bits per heavy atom. The van der Waals surface area contributed by atoms with Crippen LogP contribution in [0.2, 0.25) is 5.02 Å². The molecule has 1 aromatic heterocycles. The fraction of sp³-hybridized carbons (Fsp3) is 0.421. The molecule has 0 bridgehead atoms. The van der Waals surface area contributed by atoms with Crippen molar-refractivity contribution in [2.24, 2.45) is 5.73 Å². The number of rotatable bonds is 5. The maximum atomic E-state index is 12.3. The number of hydrogen-bond donors (Lipinski definition) is 2. The molecule has 1 aromatic carbocycles. The zero-order valence-corrected chi connectivity index (χ0v) is 18.0. The van der Waals surface area contributed by atoms with Crippen LogP contribution >= 0.6 is 47.8 Å². The van der Waals surface area contributed by atoms with Gasteiger partial charge in [0, 0.05) is 29.5 Å². The van der Waals surface area contributed by atoms with Gasteiger partial charge in [0.2, 0.25) is 5.91 Å². The number of benzene rings is 1. The van der Waals surface area contributed by atoms with Crippen LogP contribution in [0.15, 0.2) is 35.7 Å². The van der Waals surface area contributed by atoms with Gasteiger partial charge in [-0.2, -0.15) is 0 Å². The lowest BCUT2D eigenvalue weighted by atomic mass is 10.0. The van der Waals surface area contributed by atoms with E-state index in [1.54, 1.807) is 0 Å². The number of amides is 1. The molecule has 1 fully saturated rings. The Labute approximate surface area is 181 Å². The Kier molecular flexibility index (Phi) is 7.59. The van der Waals surface area contributed by atoms with Crippen LogP contribution in [0, 0.1) is 0 Å². The van der Waals surface area contributed by atoms with Gasteiger partial charge in [0.05, 0.1) is 11.6 Å². The summed E-state index contributed by atoms with van der Waals surface area (Å²) in [4.78, 5) is 16.2. The first-order valence-corrected chi connectivity index (χ1v) is 9.93. The van der Waals surface area contributed by atoms with Crippen LogP contribution in [0.3, 0.4) is 0 Å². The van der Waals surface area contributed by atoms with Crippen LogP contribution < -0.4 is 11.1 Å². The van der Waals surface area contributed by atoms with Crippen molar-refractivity contribution in [1.82, 2.24) is 10.2 Å². The van der Waals surface area contributed by atoms with Crippen molar-refractivity contribution in [3.63, 3.8) is 0 Å². The highest BCUT2D eigenvalue weighted by molar-refractivity contribution is 7.10. The number of nitrogens with one attached hydrogen (secondary N) is 1. The van der Waals surface area contributed by atoms with Crippen molar-refractivity contribution in [2.75, 3.05) is 13.1 Å². The van der Waals surface area contributed by atoms with Gasteiger partial charge in [-0.15, -0.1) is 36.2 Å². The molecule has 4 rings (SSSR count). The molecule has 2 aromatic rings. The van der Waals surface area contributed by atoms with E-state index < -0.39 is 5.54 Å². The Morgan fingerprint density at radius 3 is 2.63 bits per heavy atom. The standard InChI is InChI=1S/C19H22ClN3OS.2ClH/c20-15-3-1-13(2-4-15)16(11-22-18(24)19(21)7-8-19)23-9-5-17-14(12-23)6-10-25-17;;/h1-4,6,10,16H,5,7-9,11-12,21H2,(H,22,24);2*1H. The third-order valence-corrected chi connectivity index (χ3v) is 6.50. The van der Waals surface area contributed by atoms with Crippen molar-refractivity contribution in [2.45, 2.75) is 37.4 Å². The second-order valence-corrected chi connectivity index (χ2v) is 8.46. The van der Waals surface area contributed by atoms with Gasteiger partial charge < -0.3 is 11.1 Å². The average Bonchev–Trinajstić information content (AvgIpc) is 3.20. The van der Waals surface area contributed by atoms with Gasteiger partial charge in [-0.05, 0) is 54.0 Å². The highest BCUT2D eigenvalue weighted by Gasteiger charge is 2.46. The van der Waals surface area contributed by atoms with Crippen molar-refractivity contribution >= 4 is 53.7 Å². The lowest BCUT2D eigenvalue weighted by Gasteiger charge is -2.35. The van der Waals surface area contributed by atoms with Gasteiger partial charge in [-0.1, -0.05) is 23.7 Å². The molecule has 0 radical (unpaired) electrons. The molecule has 4 nitrogen and oxygen atoms in total. The van der Waals surface area contributed by atoms with E-state index in [9.17, 15) is 4.79 Å². The molecule has 3 N–H and O–H groups in total. The van der Waals surface area contributed by atoms with Gasteiger partial charge in [0.25, 0.3) is 0 Å². The molecule has 0 saturated heterocycles. The molecular weight excluding hydrogens is 425 g/mol. The molecule has 2 aliphatic rings. The minimum Gasteiger partial charge on any atom is -0.353 e. The molecule has 1 atom stereocenters. The zero-order chi connectivity index (χ0) is 17.4. The predicted molar refractivity (Wildman–Crippen MR) is 116 cm³/mol. The number of carbonyl (C=O) groups is 1. The second kappa shape index (κ2) is 9.12. The van der Waals surface area contributed by atoms with Crippen LogP contribution in [0.25, 0.3) is 0 Å². The maximum Gasteiger partial charge on any atom is 0.240 e. The van der Waals surface area contributed by atoms with E-state index in [-0.39, 0.29) is 36.8 Å². The molecule has 27 heavy (non-hydrogen) atoms. The summed E-state index contributed by atoms with van der Waals surface area (Å²) in [7, 11) is 0. The van der Waals surface area contributed by atoms with Crippen molar-refractivity contribution in [3.05, 3.63) is 56.7 Å². The fourth-order valence-corrected chi connectivity index (χ4v) is 4.42. The number of nitrogens with two attached hydrogens (primary N) is 1. The normalized spacial score (nSPS) is 18.4. The molecule has 8 heteroatoms. The molecule has 1 aliphatic carbocycles. The molecule has 1 saturated carbocycles. The monoisotopic (exact) mass is 447 g/mol. The van der Waals surface area contributed by atoms with Gasteiger partial charge in [0.1, 0.15) is 0 Å². The van der Waals surface area contributed by atoms with Gasteiger partial charge in [-0.25, -0.2) is 0 Å². The third-order valence-electron chi connectivity index (χ3n) is 5.23. The average molecular weight is 449 g/mol. The highest BCUT2D eigenvalue weighted by Crippen LogP contribution is 2.33. The SMILES string of the molecule is Cl.Cl.NC1(C(=O)NCC(c2ccc(Cl)cc2)N2CCc3sccc3C2)CC1. The van der Waals surface area contributed by atoms with Crippen molar-refractivity contribution in [1.29, 1.82) is 0 Å². The number of carbonyl (C=O) groups excluding carboxylic acids is 1. The largest absolute Gasteiger partial charge is 0.353 e. The molecule has 0 spiro atoms. The van der Waals surface area contributed by atoms with Crippen LogP contribution in [0.1, 0.15) is 34.9 Å². The molecule has 2 heterocycles. The molecule has 1 unspecified atom stereocenters. The van der Waals surface area contributed by atoms with Crippen molar-refractivity contribution < 1.29 is 4.79 Å². The van der Waals surface area contributed by atoms with Gasteiger partial charge in [0.15, 0.2) is 0 Å². The van der Waals surface area contributed by atoms with Gasteiger partial charge in [-0.3, -0.25) is 9.69 Å². The smallest absolute Gasteiger partial charge is 0.240 e. The molecule has 1 aliphatic heterocycles. The summed E-state index contributed by atoms with van der Waals surface area (Å²) in [6.07, 6.45) is 2.63. The summed E-state index contributed by atoms with van der Waals surface area (Å²) in [5, 5.41) is 5.97. The number of hydrogen-bond acceptors (Lipinski definition) is 4. The Hall–Kier alpha value is -0.820. The van der Waals surface area contributed by atoms with Crippen LogP contribution in [-0.4, -0.2) is 29.4 Å². The fourth-order valence-electron chi connectivity index (χ4n) is 3.41. The third kappa shape index (κ3) is 4.97. The van der Waals surface area contributed by atoms with Crippen molar-refractivity contribution in [3.8, 4) is 0 Å². The van der Waals surface area contributed by atoms with E-state index in [1.807, 2.05) is 23.5 Å². The number of halogens is 3. The van der Waals surface area contributed by atoms with E-state index >= 15 is 0 Å². The summed E-state index contributed by atoms with van der Waals surface area (Å²) in [5.74, 6) is -0.0281. The van der Waals surface area contributed by atoms with E-state index in [4.69, 9.17) is 17.3 Å². The van der Waals surface area contributed by atoms with E-state index in [0.29, 0.717) is 6.54 Å². The Balaban J connectivity index is 0.00000131. The highest BCUT2D eigenvalue weighted by atomic mass is 35.5. The molecule has 1 amide bonds. The number of nitrogens with zero attached hydrogens (tertiary/aromatic N) is 1. The summed E-state index contributed by atoms with van der Waals surface area (Å²) < 4.78 is 0. The summed E-state index contributed by atoms with van der Waals surface area (Å²) >= 11 is 7.89. The second-order valence-electron chi connectivity index (χ2n) is 7.02. The minimum atomic E-state index is -0.632. The minimum absolute atomic E-state index is 0. The lowest BCUT2D eigenvalue weighted by Crippen LogP contribution is -2.46. The Bertz CT molecular complexity index is 777. The first-order valence-electron chi connectivity index (χ1n) is 8.67. The van der Waals surface area contributed by atoms with Gasteiger partial charge >= 0.3 is 0 Å². The Morgan fingerprint density at radius 2 is 1.96 bits per heavy atom. The van der Waals surface area contributed by atoms with E-state index in [2.05, 4.69) is 33.8 Å². The quantitative estimate of drug-likeness (QED) is 0.728. The zero-order valence-electron chi connectivity index (χ0n) is 14.8. The summed E-state index contributed by atoms with van der Waals surface area (Å²) in [5.41, 5.74) is 7.96. The summed E-state index contributed by atoms with van der Waals surface area (Å²) in [6.45, 7) is 2.47. The molecule has 148 valence electrons. The van der Waals surface area contributed by atoms with Crippen LogP contribution in [-0.2, 0) is 17.8 Å². The van der Waals surface area contributed by atoms with E-state index in [0.717, 1.165) is 37.4 Å². The first-order chi connectivity index (χ1) is 12.0. The maximum absolute atomic E-state index is 12.3. The number of thiophene rings is 1. The van der Waals surface area contributed by atoms with Crippen LogP contribution in [0.5, 0.6) is 0 Å². The lowest BCUT2D eigenvalue weighted by molar-refractivity contribution is -0.123. The number of fused-ring (bicyclic) bond motifs is 1. The topological polar surface area (TPSA) is 58.4 Å². The molecular formula is C19H24Cl3N3OS. The first kappa shape index (κ1) is 22.5.